The molecule has 4 nitrogen and oxygen atoms in total. The number of ether oxygens (including phenoxy) is 2. The normalized spacial score (nSPS) is 13.7. The maximum Gasteiger partial charge on any atom is 0.429 e. The Balaban J connectivity index is 2.12. The van der Waals surface area contributed by atoms with Crippen LogP contribution in [0.15, 0.2) is 48.5 Å². The third-order valence-electron chi connectivity index (χ3n) is 3.65. The van der Waals surface area contributed by atoms with Crippen molar-refractivity contribution in [2.75, 3.05) is 6.61 Å². The highest BCUT2D eigenvalue weighted by atomic mass is 35.5. The summed E-state index contributed by atoms with van der Waals surface area (Å²) in [5.41, 5.74) is 0.281. The first-order valence-electron chi connectivity index (χ1n) is 8.13. The zero-order valence-electron chi connectivity index (χ0n) is 14.4. The highest BCUT2D eigenvalue weighted by molar-refractivity contribution is 6.30. The lowest BCUT2D eigenvalue weighted by molar-refractivity contribution is -0.198. The Morgan fingerprint density at radius 3 is 2.15 bits per heavy atom. The molecule has 27 heavy (non-hydrogen) atoms. The Morgan fingerprint density at radius 2 is 1.63 bits per heavy atom. The lowest BCUT2D eigenvalue weighted by Gasteiger charge is -2.22. The third kappa shape index (κ3) is 6.15. The fraction of sp³-hybridized carbons (Fsp3) is 0.316. The summed E-state index contributed by atoms with van der Waals surface area (Å²) in [6.07, 6.45) is -8.15. The van der Waals surface area contributed by atoms with Crippen LogP contribution in [0.25, 0.3) is 0 Å². The second kappa shape index (κ2) is 9.10. The molecule has 2 aromatic rings. The molecule has 8 heteroatoms. The predicted molar refractivity (Wildman–Crippen MR) is 93.5 cm³/mol. The Labute approximate surface area is 159 Å². The van der Waals surface area contributed by atoms with Crippen molar-refractivity contribution < 1.29 is 32.5 Å². The smallest absolute Gasteiger partial charge is 0.429 e. The lowest BCUT2D eigenvalue weighted by Crippen LogP contribution is -2.26. The van der Waals surface area contributed by atoms with Crippen LogP contribution in [0.1, 0.15) is 36.7 Å². The molecule has 0 aliphatic heterocycles. The molecule has 0 saturated carbocycles. The van der Waals surface area contributed by atoms with E-state index in [9.17, 15) is 23.1 Å². The first-order chi connectivity index (χ1) is 12.7. The van der Waals surface area contributed by atoms with Gasteiger partial charge in [0.1, 0.15) is 5.75 Å². The van der Waals surface area contributed by atoms with Crippen LogP contribution >= 0.6 is 11.6 Å². The topological polar surface area (TPSA) is 55.8 Å². The van der Waals surface area contributed by atoms with E-state index >= 15 is 0 Å². The minimum Gasteiger partial charge on any atom is -0.476 e. The summed E-state index contributed by atoms with van der Waals surface area (Å²) < 4.78 is 50.0. The van der Waals surface area contributed by atoms with Crippen LogP contribution in [0.5, 0.6) is 5.75 Å². The van der Waals surface area contributed by atoms with Crippen molar-refractivity contribution in [1.29, 1.82) is 0 Å². The summed E-state index contributed by atoms with van der Waals surface area (Å²) >= 11 is 5.71. The molecule has 0 aliphatic carbocycles. The van der Waals surface area contributed by atoms with E-state index in [2.05, 4.69) is 0 Å². The van der Waals surface area contributed by atoms with E-state index in [0.717, 1.165) is 0 Å². The van der Waals surface area contributed by atoms with Gasteiger partial charge < -0.3 is 14.6 Å². The number of rotatable bonds is 7. The van der Waals surface area contributed by atoms with Crippen molar-refractivity contribution in [3.63, 3.8) is 0 Å². The van der Waals surface area contributed by atoms with E-state index in [1.165, 1.54) is 48.5 Å². The summed E-state index contributed by atoms with van der Waals surface area (Å²) in [6, 6.07) is 10.6. The van der Waals surface area contributed by atoms with Crippen LogP contribution in [0, 0.1) is 0 Å². The number of halogens is 4. The van der Waals surface area contributed by atoms with Crippen molar-refractivity contribution in [1.82, 2.24) is 0 Å². The molecule has 0 radical (unpaired) electrons. The van der Waals surface area contributed by atoms with Gasteiger partial charge in [0.05, 0.1) is 19.1 Å². The quantitative estimate of drug-likeness (QED) is 0.661. The molecule has 2 aromatic carbocycles. The molecule has 2 rings (SSSR count). The lowest BCUT2D eigenvalue weighted by atomic mass is 10.1. The van der Waals surface area contributed by atoms with Gasteiger partial charge in [-0.3, -0.25) is 4.79 Å². The fourth-order valence-corrected chi connectivity index (χ4v) is 2.49. The van der Waals surface area contributed by atoms with Gasteiger partial charge in [-0.15, -0.1) is 0 Å². The van der Waals surface area contributed by atoms with Crippen LogP contribution < -0.4 is 4.74 Å². The molecule has 0 bridgehead atoms. The first kappa shape index (κ1) is 21.1. The van der Waals surface area contributed by atoms with Crippen LogP contribution in [0.2, 0.25) is 5.02 Å². The molecule has 0 fully saturated rings. The number of aliphatic hydroxyl groups excluding tert-OH is 1. The van der Waals surface area contributed by atoms with E-state index < -0.39 is 24.4 Å². The van der Waals surface area contributed by atoms with Gasteiger partial charge in [-0.2, -0.15) is 13.2 Å². The minimum atomic E-state index is -4.63. The number of hydrogen-bond donors (Lipinski definition) is 1. The third-order valence-corrected chi connectivity index (χ3v) is 3.91. The summed E-state index contributed by atoms with van der Waals surface area (Å²) in [4.78, 5) is 11.4. The van der Waals surface area contributed by atoms with E-state index in [0.29, 0.717) is 10.6 Å². The molecule has 0 amide bonds. The number of alkyl halides is 3. The van der Waals surface area contributed by atoms with Crippen LogP contribution in [-0.2, 0) is 9.53 Å². The molecule has 0 spiro atoms. The van der Waals surface area contributed by atoms with E-state index in [1.807, 2.05) is 0 Å². The molecule has 2 unspecified atom stereocenters. The minimum absolute atomic E-state index is 0.0284. The standard InChI is InChI=1S/C19H18ClF3O4/c1-2-26-17(25)11-16(24)12-5-9-15(10-6-12)27-18(19(21,22)23)13-3-7-14(20)8-4-13/h3-10,16,18,24H,2,11H2,1H3. The maximum atomic E-state index is 13.4. The number of carbonyl (C=O) groups is 1. The van der Waals surface area contributed by atoms with Gasteiger partial charge in [0.2, 0.25) is 6.10 Å². The average Bonchev–Trinajstić information content (AvgIpc) is 2.60. The molecule has 2 atom stereocenters. The molecular weight excluding hydrogens is 385 g/mol. The predicted octanol–water partition coefficient (Wildman–Crippen LogP) is 5.01. The van der Waals surface area contributed by atoms with Gasteiger partial charge >= 0.3 is 12.1 Å². The van der Waals surface area contributed by atoms with Crippen LogP contribution in [0.4, 0.5) is 13.2 Å². The first-order valence-corrected chi connectivity index (χ1v) is 8.51. The Bertz CT molecular complexity index is 745. The van der Waals surface area contributed by atoms with Crippen molar-refractivity contribution in [2.45, 2.75) is 31.7 Å². The van der Waals surface area contributed by atoms with Crippen molar-refractivity contribution in [3.05, 3.63) is 64.7 Å². The summed E-state index contributed by atoms with van der Waals surface area (Å²) in [5.74, 6) is -0.593. The number of benzene rings is 2. The van der Waals surface area contributed by atoms with Gasteiger partial charge in [-0.05, 0) is 36.8 Å². The molecular formula is C19H18ClF3O4. The van der Waals surface area contributed by atoms with E-state index in [1.54, 1.807) is 6.92 Å². The van der Waals surface area contributed by atoms with Gasteiger partial charge in [0.15, 0.2) is 0 Å². The van der Waals surface area contributed by atoms with Crippen molar-refractivity contribution >= 4 is 17.6 Å². The fourth-order valence-electron chi connectivity index (χ4n) is 2.36. The molecule has 0 heterocycles. The zero-order valence-corrected chi connectivity index (χ0v) is 15.1. The van der Waals surface area contributed by atoms with Crippen LogP contribution in [0.3, 0.4) is 0 Å². The Hall–Kier alpha value is -2.25. The second-order valence-corrected chi connectivity index (χ2v) is 6.12. The van der Waals surface area contributed by atoms with Gasteiger partial charge in [-0.25, -0.2) is 0 Å². The number of aliphatic hydroxyl groups is 1. The summed E-state index contributed by atoms with van der Waals surface area (Å²) in [6.45, 7) is 1.84. The largest absolute Gasteiger partial charge is 0.476 e. The van der Waals surface area contributed by atoms with Gasteiger partial charge in [0, 0.05) is 10.6 Å². The van der Waals surface area contributed by atoms with Gasteiger partial charge in [-0.1, -0.05) is 35.9 Å². The van der Waals surface area contributed by atoms with Crippen LogP contribution in [-0.4, -0.2) is 23.9 Å². The number of carbonyl (C=O) groups excluding carboxylic acids is 1. The molecule has 0 aromatic heterocycles. The van der Waals surface area contributed by atoms with E-state index in [4.69, 9.17) is 21.1 Å². The SMILES string of the molecule is CCOC(=O)CC(O)c1ccc(OC(c2ccc(Cl)cc2)C(F)(F)F)cc1. The van der Waals surface area contributed by atoms with E-state index in [-0.39, 0.29) is 24.3 Å². The average molecular weight is 403 g/mol. The zero-order chi connectivity index (χ0) is 20.0. The Morgan fingerprint density at radius 1 is 1.07 bits per heavy atom. The number of esters is 1. The number of hydrogen-bond acceptors (Lipinski definition) is 4. The van der Waals surface area contributed by atoms with Gasteiger partial charge in [0.25, 0.3) is 0 Å². The highest BCUT2D eigenvalue weighted by Gasteiger charge is 2.43. The molecule has 0 aliphatic rings. The van der Waals surface area contributed by atoms with Crippen molar-refractivity contribution in [3.8, 4) is 5.75 Å². The summed E-state index contributed by atoms with van der Waals surface area (Å²) in [5, 5.41) is 10.3. The maximum absolute atomic E-state index is 13.4. The highest BCUT2D eigenvalue weighted by Crippen LogP contribution is 2.37. The van der Waals surface area contributed by atoms with Crippen molar-refractivity contribution in [2.24, 2.45) is 0 Å². The molecule has 0 saturated heterocycles. The second-order valence-electron chi connectivity index (χ2n) is 5.69. The summed E-state index contributed by atoms with van der Waals surface area (Å²) in [7, 11) is 0. The molecule has 1 N–H and O–H groups in total. The molecule has 146 valence electrons. The Kier molecular flexibility index (Phi) is 7.10. The monoisotopic (exact) mass is 402 g/mol.